The van der Waals surface area contributed by atoms with E-state index < -0.39 is 11.6 Å². The van der Waals surface area contributed by atoms with E-state index in [4.69, 9.17) is 0 Å². The first-order valence-electron chi connectivity index (χ1n) is 5.21. The van der Waals surface area contributed by atoms with Crippen molar-refractivity contribution in [1.82, 2.24) is 4.57 Å². The third-order valence-corrected chi connectivity index (χ3v) is 4.44. The first kappa shape index (κ1) is 13.4. The van der Waals surface area contributed by atoms with Gasteiger partial charge < -0.3 is 0 Å². The minimum Gasteiger partial charge on any atom is -0.298 e. The Morgan fingerprint density at radius 2 is 2.00 bits per heavy atom. The van der Waals surface area contributed by atoms with Gasteiger partial charge >= 0.3 is 4.87 Å². The normalized spacial score (nSPS) is 10.9. The van der Waals surface area contributed by atoms with Crippen molar-refractivity contribution in [3.05, 3.63) is 54.0 Å². The standard InChI is InChI=1S/C12H10BrF2NOS/c1-6-7(2)18-12(17)16(6)5-8-10(14)4-3-9(13)11(8)15/h3-4H,5H2,1-2H3. The summed E-state index contributed by atoms with van der Waals surface area (Å²) >= 11 is 4.09. The molecule has 18 heavy (non-hydrogen) atoms. The lowest BCUT2D eigenvalue weighted by Gasteiger charge is -2.08. The van der Waals surface area contributed by atoms with Gasteiger partial charge in [-0.05, 0) is 41.9 Å². The molecule has 0 N–H and O–H groups in total. The van der Waals surface area contributed by atoms with Crippen LogP contribution in [0.1, 0.15) is 16.1 Å². The number of hydrogen-bond donors (Lipinski definition) is 0. The predicted molar refractivity (Wildman–Crippen MR) is 71.2 cm³/mol. The lowest BCUT2D eigenvalue weighted by Crippen LogP contribution is -2.17. The van der Waals surface area contributed by atoms with Gasteiger partial charge in [-0.1, -0.05) is 11.3 Å². The van der Waals surface area contributed by atoms with E-state index >= 15 is 0 Å². The molecule has 0 spiro atoms. The zero-order chi connectivity index (χ0) is 13.4. The lowest BCUT2D eigenvalue weighted by molar-refractivity contribution is 0.537. The molecule has 96 valence electrons. The summed E-state index contributed by atoms with van der Waals surface area (Å²) < 4.78 is 29.0. The van der Waals surface area contributed by atoms with Gasteiger partial charge in [0.25, 0.3) is 0 Å². The highest BCUT2D eigenvalue weighted by Crippen LogP contribution is 2.23. The summed E-state index contributed by atoms with van der Waals surface area (Å²) in [6, 6.07) is 2.49. The summed E-state index contributed by atoms with van der Waals surface area (Å²) in [6.45, 7) is 3.48. The van der Waals surface area contributed by atoms with Crippen molar-refractivity contribution in [3.63, 3.8) is 0 Å². The lowest BCUT2D eigenvalue weighted by atomic mass is 10.2. The molecule has 0 radical (unpaired) electrons. The van der Waals surface area contributed by atoms with Crippen molar-refractivity contribution < 1.29 is 8.78 Å². The molecule has 0 saturated heterocycles. The predicted octanol–water partition coefficient (Wildman–Crippen LogP) is 3.62. The van der Waals surface area contributed by atoms with Crippen LogP contribution in [0.2, 0.25) is 0 Å². The molecule has 0 atom stereocenters. The van der Waals surface area contributed by atoms with Gasteiger partial charge in [0.15, 0.2) is 0 Å². The fourth-order valence-corrected chi connectivity index (χ4v) is 2.85. The molecule has 1 aromatic carbocycles. The van der Waals surface area contributed by atoms with E-state index in [2.05, 4.69) is 15.9 Å². The molecule has 0 bridgehead atoms. The monoisotopic (exact) mass is 333 g/mol. The smallest absolute Gasteiger partial charge is 0.298 e. The highest BCUT2D eigenvalue weighted by Gasteiger charge is 2.16. The fraction of sp³-hybridized carbons (Fsp3) is 0.250. The molecule has 2 nitrogen and oxygen atoms in total. The van der Waals surface area contributed by atoms with Crippen molar-refractivity contribution in [3.8, 4) is 0 Å². The maximum absolute atomic E-state index is 13.8. The first-order valence-corrected chi connectivity index (χ1v) is 6.82. The molecule has 2 rings (SSSR count). The van der Waals surface area contributed by atoms with Crippen molar-refractivity contribution in [2.45, 2.75) is 20.4 Å². The number of halogens is 3. The average molecular weight is 334 g/mol. The van der Waals surface area contributed by atoms with E-state index in [1.807, 2.05) is 6.92 Å². The Kier molecular flexibility index (Phi) is 3.68. The molecular weight excluding hydrogens is 324 g/mol. The zero-order valence-corrected chi connectivity index (χ0v) is 12.2. The minimum atomic E-state index is -0.662. The Bertz CT molecular complexity index is 663. The van der Waals surface area contributed by atoms with Crippen LogP contribution in [0.4, 0.5) is 8.78 Å². The van der Waals surface area contributed by atoms with E-state index in [1.165, 1.54) is 16.7 Å². The molecule has 0 aliphatic heterocycles. The van der Waals surface area contributed by atoms with Gasteiger partial charge in [-0.15, -0.1) is 0 Å². The molecule has 0 aliphatic rings. The zero-order valence-electron chi connectivity index (χ0n) is 9.76. The van der Waals surface area contributed by atoms with Crippen molar-refractivity contribution >= 4 is 27.3 Å². The highest BCUT2D eigenvalue weighted by atomic mass is 79.9. The van der Waals surface area contributed by atoms with Crippen LogP contribution in [-0.4, -0.2) is 4.57 Å². The van der Waals surface area contributed by atoms with Crippen LogP contribution >= 0.6 is 27.3 Å². The van der Waals surface area contributed by atoms with E-state index in [0.29, 0.717) is 0 Å². The van der Waals surface area contributed by atoms with Gasteiger partial charge in [-0.2, -0.15) is 0 Å². The van der Waals surface area contributed by atoms with Gasteiger partial charge in [-0.3, -0.25) is 9.36 Å². The van der Waals surface area contributed by atoms with E-state index in [1.54, 1.807) is 6.92 Å². The van der Waals surface area contributed by atoms with Crippen LogP contribution in [-0.2, 0) is 6.54 Å². The first-order chi connectivity index (χ1) is 8.41. The van der Waals surface area contributed by atoms with Crippen molar-refractivity contribution in [1.29, 1.82) is 0 Å². The van der Waals surface area contributed by atoms with Crippen LogP contribution in [0.3, 0.4) is 0 Å². The van der Waals surface area contributed by atoms with Crippen LogP contribution in [0.25, 0.3) is 0 Å². The second-order valence-electron chi connectivity index (χ2n) is 3.92. The molecule has 0 fully saturated rings. The summed E-state index contributed by atoms with van der Waals surface area (Å²) in [5.41, 5.74) is 0.635. The number of thiazole rings is 1. The second kappa shape index (κ2) is 4.93. The number of hydrogen-bond acceptors (Lipinski definition) is 2. The largest absolute Gasteiger partial charge is 0.307 e. The molecule has 2 aromatic rings. The maximum Gasteiger partial charge on any atom is 0.307 e. The fourth-order valence-electron chi connectivity index (χ4n) is 1.64. The number of benzene rings is 1. The molecule has 6 heteroatoms. The summed E-state index contributed by atoms with van der Waals surface area (Å²) in [5.74, 6) is -1.31. The van der Waals surface area contributed by atoms with Crippen LogP contribution in [0.5, 0.6) is 0 Å². The number of rotatable bonds is 2. The minimum absolute atomic E-state index is 0.0912. The Morgan fingerprint density at radius 1 is 1.33 bits per heavy atom. The maximum atomic E-state index is 13.8. The summed E-state index contributed by atoms with van der Waals surface area (Å²) in [5, 5.41) is 0. The molecule has 0 saturated carbocycles. The van der Waals surface area contributed by atoms with Gasteiger partial charge in [0.05, 0.1) is 11.0 Å². The van der Waals surface area contributed by atoms with Crippen LogP contribution < -0.4 is 4.87 Å². The van der Waals surface area contributed by atoms with Gasteiger partial charge in [-0.25, -0.2) is 8.78 Å². The Balaban J connectivity index is 2.53. The molecule has 0 aliphatic carbocycles. The topological polar surface area (TPSA) is 22.0 Å². The average Bonchev–Trinajstić information content (AvgIpc) is 2.55. The molecule has 1 aromatic heterocycles. The van der Waals surface area contributed by atoms with Crippen LogP contribution in [0.15, 0.2) is 21.4 Å². The van der Waals surface area contributed by atoms with Gasteiger partial charge in [0.2, 0.25) is 0 Å². The third kappa shape index (κ3) is 2.27. The molecular formula is C12H10BrF2NOS. The number of nitrogens with zero attached hydrogens (tertiary/aromatic N) is 1. The molecule has 0 amide bonds. The highest BCUT2D eigenvalue weighted by molar-refractivity contribution is 9.10. The van der Waals surface area contributed by atoms with E-state index in [0.717, 1.165) is 21.9 Å². The Hall–Kier alpha value is -1.01. The summed E-state index contributed by atoms with van der Waals surface area (Å²) in [7, 11) is 0. The summed E-state index contributed by atoms with van der Waals surface area (Å²) in [4.78, 5) is 12.4. The second-order valence-corrected chi connectivity index (χ2v) is 5.94. The van der Waals surface area contributed by atoms with E-state index in [-0.39, 0.29) is 21.5 Å². The SMILES string of the molecule is Cc1sc(=O)n(Cc2c(F)ccc(Br)c2F)c1C. The molecule has 0 unspecified atom stereocenters. The molecule has 1 heterocycles. The van der Waals surface area contributed by atoms with Crippen molar-refractivity contribution in [2.24, 2.45) is 0 Å². The third-order valence-electron chi connectivity index (χ3n) is 2.83. The van der Waals surface area contributed by atoms with E-state index in [9.17, 15) is 13.6 Å². The van der Waals surface area contributed by atoms with Gasteiger partial charge in [0, 0.05) is 16.1 Å². The Labute approximate surface area is 115 Å². The van der Waals surface area contributed by atoms with Crippen LogP contribution in [0, 0.1) is 25.5 Å². The quantitative estimate of drug-likeness (QED) is 0.769. The number of aryl methyl sites for hydroxylation is 1. The Morgan fingerprint density at radius 3 is 2.56 bits per heavy atom. The number of aromatic nitrogens is 1. The summed E-state index contributed by atoms with van der Waals surface area (Å²) in [6.07, 6.45) is 0. The van der Waals surface area contributed by atoms with Crippen molar-refractivity contribution in [2.75, 3.05) is 0 Å². The van der Waals surface area contributed by atoms with Gasteiger partial charge in [0.1, 0.15) is 11.6 Å².